The SMILES string of the molecule is Cc1ccnc(-c2ccc(CC(C)C)cc2)c1C. The molecule has 0 aliphatic carbocycles. The van der Waals surface area contributed by atoms with E-state index in [0.29, 0.717) is 5.92 Å². The molecular weight excluding hydrogens is 218 g/mol. The predicted octanol–water partition coefficient (Wildman–Crippen LogP) is 4.56. The minimum atomic E-state index is 0.703. The maximum absolute atomic E-state index is 4.50. The zero-order chi connectivity index (χ0) is 13.1. The lowest BCUT2D eigenvalue weighted by Crippen LogP contribution is -1.95. The summed E-state index contributed by atoms with van der Waals surface area (Å²) in [6.07, 6.45) is 3.03. The second-order valence-corrected chi connectivity index (χ2v) is 5.40. The topological polar surface area (TPSA) is 12.9 Å². The summed E-state index contributed by atoms with van der Waals surface area (Å²) in [5, 5.41) is 0. The molecule has 0 atom stereocenters. The summed E-state index contributed by atoms with van der Waals surface area (Å²) in [4.78, 5) is 4.50. The third kappa shape index (κ3) is 2.79. The third-order valence-corrected chi connectivity index (χ3v) is 3.35. The number of aromatic nitrogens is 1. The minimum absolute atomic E-state index is 0.703. The Bertz CT molecular complexity index is 524. The van der Waals surface area contributed by atoms with E-state index in [4.69, 9.17) is 0 Å². The number of nitrogens with zero attached hydrogens (tertiary/aromatic N) is 1. The van der Waals surface area contributed by atoms with E-state index < -0.39 is 0 Å². The van der Waals surface area contributed by atoms with Crippen molar-refractivity contribution in [2.75, 3.05) is 0 Å². The Morgan fingerprint density at radius 3 is 2.28 bits per heavy atom. The van der Waals surface area contributed by atoms with E-state index in [2.05, 4.69) is 63.0 Å². The summed E-state index contributed by atoms with van der Waals surface area (Å²) in [5.41, 5.74) is 6.29. The molecule has 1 aromatic carbocycles. The molecule has 1 nitrogen and oxygen atoms in total. The molecule has 0 saturated heterocycles. The van der Waals surface area contributed by atoms with Crippen molar-refractivity contribution in [3.8, 4) is 11.3 Å². The average Bonchev–Trinajstić information content (AvgIpc) is 2.33. The van der Waals surface area contributed by atoms with Gasteiger partial charge in [0.05, 0.1) is 5.69 Å². The van der Waals surface area contributed by atoms with Crippen molar-refractivity contribution in [2.45, 2.75) is 34.1 Å². The van der Waals surface area contributed by atoms with Crippen molar-refractivity contribution >= 4 is 0 Å². The number of benzene rings is 1. The Kier molecular flexibility index (Phi) is 3.81. The highest BCUT2D eigenvalue weighted by molar-refractivity contribution is 5.64. The second kappa shape index (κ2) is 5.34. The van der Waals surface area contributed by atoms with Crippen LogP contribution in [0, 0.1) is 19.8 Å². The smallest absolute Gasteiger partial charge is 0.0733 e. The molecule has 0 amide bonds. The van der Waals surface area contributed by atoms with Gasteiger partial charge in [-0.05, 0) is 48.9 Å². The highest BCUT2D eigenvalue weighted by atomic mass is 14.7. The van der Waals surface area contributed by atoms with Gasteiger partial charge in [0.25, 0.3) is 0 Å². The summed E-state index contributed by atoms with van der Waals surface area (Å²) < 4.78 is 0. The first-order valence-corrected chi connectivity index (χ1v) is 6.59. The Morgan fingerprint density at radius 2 is 1.67 bits per heavy atom. The summed E-state index contributed by atoms with van der Waals surface area (Å²) in [6.45, 7) is 8.77. The van der Waals surface area contributed by atoms with Gasteiger partial charge in [-0.2, -0.15) is 0 Å². The summed E-state index contributed by atoms with van der Waals surface area (Å²) >= 11 is 0. The predicted molar refractivity (Wildman–Crippen MR) is 77.7 cm³/mol. The van der Waals surface area contributed by atoms with Crippen LogP contribution in [0.3, 0.4) is 0 Å². The van der Waals surface area contributed by atoms with Gasteiger partial charge in [0, 0.05) is 11.8 Å². The number of rotatable bonds is 3. The van der Waals surface area contributed by atoms with Crippen LogP contribution in [-0.4, -0.2) is 4.98 Å². The molecule has 0 unspecified atom stereocenters. The van der Waals surface area contributed by atoms with Crippen molar-refractivity contribution in [2.24, 2.45) is 5.92 Å². The normalized spacial score (nSPS) is 10.9. The van der Waals surface area contributed by atoms with Gasteiger partial charge >= 0.3 is 0 Å². The molecule has 1 heteroatoms. The van der Waals surface area contributed by atoms with Crippen LogP contribution in [0.15, 0.2) is 36.5 Å². The van der Waals surface area contributed by atoms with Crippen molar-refractivity contribution in [1.82, 2.24) is 4.98 Å². The van der Waals surface area contributed by atoms with E-state index in [1.165, 1.54) is 22.3 Å². The number of hydrogen-bond acceptors (Lipinski definition) is 1. The van der Waals surface area contributed by atoms with E-state index >= 15 is 0 Å². The molecule has 0 fully saturated rings. The van der Waals surface area contributed by atoms with E-state index in [0.717, 1.165) is 12.1 Å². The lowest BCUT2D eigenvalue weighted by molar-refractivity contribution is 0.647. The lowest BCUT2D eigenvalue weighted by Gasteiger charge is -2.09. The molecule has 0 bridgehead atoms. The first kappa shape index (κ1) is 12.8. The molecule has 0 aliphatic heterocycles. The molecular formula is C17H21N. The van der Waals surface area contributed by atoms with Gasteiger partial charge in [0.1, 0.15) is 0 Å². The fourth-order valence-electron chi connectivity index (χ4n) is 2.19. The summed E-state index contributed by atoms with van der Waals surface area (Å²) in [5.74, 6) is 0.703. The van der Waals surface area contributed by atoms with Gasteiger partial charge in [-0.3, -0.25) is 4.98 Å². The molecule has 94 valence electrons. The highest BCUT2D eigenvalue weighted by Gasteiger charge is 2.05. The van der Waals surface area contributed by atoms with Gasteiger partial charge in [-0.1, -0.05) is 38.1 Å². The van der Waals surface area contributed by atoms with Gasteiger partial charge in [-0.15, -0.1) is 0 Å². The van der Waals surface area contributed by atoms with Crippen LogP contribution in [0.5, 0.6) is 0 Å². The number of aryl methyl sites for hydroxylation is 1. The fourth-order valence-corrected chi connectivity index (χ4v) is 2.19. The van der Waals surface area contributed by atoms with Gasteiger partial charge in [0.15, 0.2) is 0 Å². The van der Waals surface area contributed by atoms with E-state index in [-0.39, 0.29) is 0 Å². The van der Waals surface area contributed by atoms with Crippen LogP contribution in [0.2, 0.25) is 0 Å². The van der Waals surface area contributed by atoms with E-state index in [1.807, 2.05) is 6.20 Å². The molecule has 2 aromatic rings. The molecule has 0 spiro atoms. The van der Waals surface area contributed by atoms with Crippen LogP contribution >= 0.6 is 0 Å². The molecule has 0 aliphatic rings. The Labute approximate surface area is 110 Å². The first-order chi connectivity index (χ1) is 8.58. The Balaban J connectivity index is 2.32. The number of hydrogen-bond donors (Lipinski definition) is 0. The van der Waals surface area contributed by atoms with Gasteiger partial charge < -0.3 is 0 Å². The van der Waals surface area contributed by atoms with Crippen LogP contribution in [0.4, 0.5) is 0 Å². The zero-order valence-corrected chi connectivity index (χ0v) is 11.7. The highest BCUT2D eigenvalue weighted by Crippen LogP contribution is 2.23. The van der Waals surface area contributed by atoms with E-state index in [9.17, 15) is 0 Å². The monoisotopic (exact) mass is 239 g/mol. The van der Waals surface area contributed by atoms with Crippen LogP contribution < -0.4 is 0 Å². The summed E-state index contributed by atoms with van der Waals surface area (Å²) in [7, 11) is 0. The molecule has 0 saturated carbocycles. The molecule has 1 aromatic heterocycles. The van der Waals surface area contributed by atoms with Gasteiger partial charge in [0.2, 0.25) is 0 Å². The standard InChI is InChI=1S/C17H21N/c1-12(2)11-15-5-7-16(8-6-15)17-14(4)13(3)9-10-18-17/h5-10,12H,11H2,1-4H3. The molecule has 0 radical (unpaired) electrons. The average molecular weight is 239 g/mol. The van der Waals surface area contributed by atoms with Crippen LogP contribution in [0.25, 0.3) is 11.3 Å². The van der Waals surface area contributed by atoms with Crippen molar-refractivity contribution < 1.29 is 0 Å². The minimum Gasteiger partial charge on any atom is -0.256 e. The maximum atomic E-state index is 4.50. The summed E-state index contributed by atoms with van der Waals surface area (Å²) in [6, 6.07) is 10.9. The number of pyridine rings is 1. The molecule has 18 heavy (non-hydrogen) atoms. The second-order valence-electron chi connectivity index (χ2n) is 5.40. The van der Waals surface area contributed by atoms with Crippen molar-refractivity contribution in [3.63, 3.8) is 0 Å². The lowest BCUT2D eigenvalue weighted by atomic mass is 9.98. The van der Waals surface area contributed by atoms with Crippen molar-refractivity contribution in [1.29, 1.82) is 0 Å². The van der Waals surface area contributed by atoms with Gasteiger partial charge in [-0.25, -0.2) is 0 Å². The third-order valence-electron chi connectivity index (χ3n) is 3.35. The van der Waals surface area contributed by atoms with Crippen LogP contribution in [0.1, 0.15) is 30.5 Å². The quantitative estimate of drug-likeness (QED) is 0.765. The maximum Gasteiger partial charge on any atom is 0.0733 e. The Hall–Kier alpha value is -1.63. The van der Waals surface area contributed by atoms with E-state index in [1.54, 1.807) is 0 Å². The first-order valence-electron chi connectivity index (χ1n) is 6.59. The largest absolute Gasteiger partial charge is 0.256 e. The fraction of sp³-hybridized carbons (Fsp3) is 0.353. The zero-order valence-electron chi connectivity index (χ0n) is 11.7. The Morgan fingerprint density at radius 1 is 1.00 bits per heavy atom. The molecule has 0 N–H and O–H groups in total. The van der Waals surface area contributed by atoms with Crippen LogP contribution in [-0.2, 0) is 6.42 Å². The molecule has 2 rings (SSSR count). The van der Waals surface area contributed by atoms with Crippen molar-refractivity contribution in [3.05, 3.63) is 53.2 Å². The molecule has 1 heterocycles.